The van der Waals surface area contributed by atoms with E-state index in [4.69, 9.17) is 9.40 Å². The zero-order valence-electron chi connectivity index (χ0n) is 25.3. The van der Waals surface area contributed by atoms with Crippen molar-refractivity contribution >= 4 is 35.2 Å². The van der Waals surface area contributed by atoms with E-state index in [2.05, 4.69) is 100.0 Å². The number of nitrogens with zero attached hydrogens (tertiary/aromatic N) is 2. The summed E-state index contributed by atoms with van der Waals surface area (Å²) >= 11 is 0. The predicted molar refractivity (Wildman–Crippen MR) is 175 cm³/mol. The first-order chi connectivity index (χ1) is 19.8. The summed E-state index contributed by atoms with van der Waals surface area (Å²) in [7, 11) is -1.55. The molecule has 5 heteroatoms. The quantitative estimate of drug-likeness (QED) is 0.126. The molecule has 3 aromatic carbocycles. The van der Waals surface area contributed by atoms with E-state index in [1.165, 1.54) is 27.1 Å². The summed E-state index contributed by atoms with van der Waals surface area (Å²) in [6, 6.07) is 33.5. The molecular weight excluding hydrogens is 709 g/mol. The number of fused-ring (bicyclic) bond motifs is 3. The number of para-hydroxylation sites is 1. The Hall–Kier alpha value is -3.37. The van der Waals surface area contributed by atoms with Crippen molar-refractivity contribution in [3.8, 4) is 22.5 Å². The molecule has 0 atom stereocenters. The molecule has 0 spiro atoms. The second-order valence-corrected chi connectivity index (χ2v) is 16.7. The van der Waals surface area contributed by atoms with Gasteiger partial charge in [0.2, 0.25) is 0 Å². The Kier molecular flexibility index (Phi) is 10.3. The van der Waals surface area contributed by atoms with Crippen LogP contribution in [0.1, 0.15) is 43.7 Å². The minimum atomic E-state index is -1.55. The largest absolute Gasteiger partial charge is 0.501 e. The van der Waals surface area contributed by atoms with E-state index in [0.29, 0.717) is 5.92 Å². The van der Waals surface area contributed by atoms with Crippen LogP contribution in [0.4, 0.5) is 0 Å². The van der Waals surface area contributed by atoms with Gasteiger partial charge in [0.05, 0.1) is 5.58 Å². The molecule has 0 unspecified atom stereocenters. The van der Waals surface area contributed by atoms with Crippen LogP contribution in [-0.4, -0.2) is 18.0 Å². The Morgan fingerprint density at radius 1 is 0.833 bits per heavy atom. The average Bonchev–Trinajstić information content (AvgIpc) is 3.37. The van der Waals surface area contributed by atoms with Crippen molar-refractivity contribution in [1.29, 1.82) is 0 Å². The Morgan fingerprint density at radius 2 is 1.55 bits per heavy atom. The molecule has 0 N–H and O–H groups in total. The van der Waals surface area contributed by atoms with E-state index in [0.717, 1.165) is 46.5 Å². The monoisotopic (exact) mass is 747 g/mol. The molecule has 0 fully saturated rings. The van der Waals surface area contributed by atoms with Crippen LogP contribution in [0.3, 0.4) is 0 Å². The molecule has 0 amide bonds. The van der Waals surface area contributed by atoms with Gasteiger partial charge in [-0.1, -0.05) is 85.9 Å². The van der Waals surface area contributed by atoms with Gasteiger partial charge >= 0.3 is 0 Å². The molecular formula is C37H38IrN2OSi-2. The van der Waals surface area contributed by atoms with E-state index >= 15 is 0 Å². The fourth-order valence-electron chi connectivity index (χ4n) is 5.39. The molecule has 3 heterocycles. The summed E-state index contributed by atoms with van der Waals surface area (Å²) in [5.74, 6) is 0.564. The summed E-state index contributed by atoms with van der Waals surface area (Å²) < 4.78 is 6.38. The molecule has 0 aliphatic heterocycles. The summed E-state index contributed by atoms with van der Waals surface area (Å²) in [6.07, 6.45) is 6.03. The minimum absolute atomic E-state index is 0. The van der Waals surface area contributed by atoms with Gasteiger partial charge in [0.25, 0.3) is 0 Å². The third-order valence-corrected chi connectivity index (χ3v) is 9.67. The zero-order valence-corrected chi connectivity index (χ0v) is 28.7. The Bertz CT molecular complexity index is 1770. The fraction of sp³-hybridized carbons (Fsp3) is 0.243. The van der Waals surface area contributed by atoms with E-state index in [-0.39, 0.29) is 20.1 Å². The normalized spacial score (nSPS) is 11.3. The number of hydrogen-bond acceptors (Lipinski definition) is 3. The Balaban J connectivity index is 0.000000243. The number of aromatic nitrogens is 2. The summed E-state index contributed by atoms with van der Waals surface area (Å²) in [5.41, 5.74) is 8.40. The molecule has 6 aromatic rings. The molecule has 0 saturated heterocycles. The Labute approximate surface area is 264 Å². The minimum Gasteiger partial charge on any atom is -0.501 e. The molecule has 3 nitrogen and oxygen atoms in total. The second kappa shape index (κ2) is 13.7. The molecule has 217 valence electrons. The first kappa shape index (κ1) is 31.6. The third-order valence-electron chi connectivity index (χ3n) is 7.66. The molecule has 0 aliphatic rings. The molecule has 6 rings (SSSR count). The van der Waals surface area contributed by atoms with E-state index in [1.54, 1.807) is 0 Å². The van der Waals surface area contributed by atoms with Gasteiger partial charge in [-0.05, 0) is 55.3 Å². The molecule has 0 aliphatic carbocycles. The van der Waals surface area contributed by atoms with Gasteiger partial charge in [-0.2, -0.15) is 0 Å². The maximum atomic E-state index is 6.38. The summed E-state index contributed by atoms with van der Waals surface area (Å²) in [6.45, 7) is 13.7. The second-order valence-electron chi connectivity index (χ2n) is 11.6. The van der Waals surface area contributed by atoms with Gasteiger partial charge in [0.15, 0.2) is 0 Å². The number of benzene rings is 3. The van der Waals surface area contributed by atoms with E-state index in [9.17, 15) is 0 Å². The molecule has 3 aromatic heterocycles. The SMILES string of the molecule is CCC(CC)c1ccnc(-c2[c-]cc([Si](C)(C)C)c3c2oc2ccccc23)c1.Cc1ccnc(-c2[c-]cccc2)c1.[Ir]. The summed E-state index contributed by atoms with van der Waals surface area (Å²) in [4.78, 5) is 8.97. The molecule has 42 heavy (non-hydrogen) atoms. The maximum Gasteiger partial charge on any atom is 0.120 e. The van der Waals surface area contributed by atoms with Crippen molar-refractivity contribution in [1.82, 2.24) is 9.97 Å². The van der Waals surface area contributed by atoms with Gasteiger partial charge in [-0.3, -0.25) is 0 Å². The van der Waals surface area contributed by atoms with Crippen LogP contribution in [0.15, 0.2) is 95.7 Å². The van der Waals surface area contributed by atoms with Gasteiger partial charge in [0.1, 0.15) is 5.58 Å². The maximum absolute atomic E-state index is 6.38. The van der Waals surface area contributed by atoms with Crippen LogP contribution in [0.25, 0.3) is 44.5 Å². The van der Waals surface area contributed by atoms with Crippen molar-refractivity contribution in [2.75, 3.05) is 0 Å². The number of aryl methyl sites for hydroxylation is 1. The topological polar surface area (TPSA) is 38.9 Å². The predicted octanol–water partition coefficient (Wildman–Crippen LogP) is 9.75. The van der Waals surface area contributed by atoms with Crippen molar-refractivity contribution < 1.29 is 24.5 Å². The molecule has 1 radical (unpaired) electrons. The smallest absolute Gasteiger partial charge is 0.120 e. The van der Waals surface area contributed by atoms with Crippen molar-refractivity contribution in [2.24, 2.45) is 0 Å². The van der Waals surface area contributed by atoms with Crippen molar-refractivity contribution in [2.45, 2.75) is 59.2 Å². The average molecular weight is 747 g/mol. The summed E-state index contributed by atoms with van der Waals surface area (Å²) in [5, 5.41) is 3.84. The number of rotatable bonds is 6. The van der Waals surface area contributed by atoms with Crippen molar-refractivity contribution in [3.05, 3.63) is 115 Å². The van der Waals surface area contributed by atoms with Crippen LogP contribution >= 0.6 is 0 Å². The first-order valence-electron chi connectivity index (χ1n) is 14.5. The Morgan fingerprint density at radius 3 is 2.24 bits per heavy atom. The van der Waals surface area contributed by atoms with Gasteiger partial charge in [0, 0.05) is 46.0 Å². The van der Waals surface area contributed by atoms with Gasteiger partial charge in [-0.25, -0.2) is 0 Å². The van der Waals surface area contributed by atoms with Gasteiger partial charge in [-0.15, -0.1) is 53.2 Å². The standard InChI is InChI=1S/C25H28NOSi.C12H10N.Ir/c1-6-17(7-2)18-14-15-26-21(16-18)19-12-13-23(28(3,4)5)24-20-10-8-9-11-22(20)27-25(19)24;1-10-7-8-13-12(9-10)11-5-3-2-4-6-11;/h8-11,13-17H,6-7H2,1-5H3;2-5,7-9H,1H3;/q2*-1;. The van der Waals surface area contributed by atoms with E-state index in [1.807, 2.05) is 48.8 Å². The third kappa shape index (κ3) is 6.81. The van der Waals surface area contributed by atoms with Gasteiger partial charge < -0.3 is 14.4 Å². The van der Waals surface area contributed by atoms with Crippen LogP contribution in [0, 0.1) is 19.1 Å². The van der Waals surface area contributed by atoms with Crippen LogP contribution in [-0.2, 0) is 20.1 Å². The first-order valence-corrected chi connectivity index (χ1v) is 18.0. The number of furan rings is 1. The van der Waals surface area contributed by atoms with Crippen LogP contribution < -0.4 is 5.19 Å². The van der Waals surface area contributed by atoms with E-state index < -0.39 is 8.07 Å². The molecule has 0 bridgehead atoms. The van der Waals surface area contributed by atoms with Crippen LogP contribution in [0.2, 0.25) is 19.6 Å². The zero-order chi connectivity index (χ0) is 29.0. The van der Waals surface area contributed by atoms with Crippen molar-refractivity contribution in [3.63, 3.8) is 0 Å². The van der Waals surface area contributed by atoms with Crippen LogP contribution in [0.5, 0.6) is 0 Å². The number of pyridine rings is 2. The fourth-order valence-corrected chi connectivity index (χ4v) is 6.89. The number of hydrogen-bond donors (Lipinski definition) is 0. The molecule has 0 saturated carbocycles.